The molecule has 47 valence electrons. The molecule has 0 saturated carbocycles. The molecule has 0 spiro atoms. The second-order valence-corrected chi connectivity index (χ2v) is 2.52. The molecule has 0 aromatic carbocycles. The van der Waals surface area contributed by atoms with Crippen molar-refractivity contribution in [2.45, 2.75) is 32.5 Å². The Bertz CT molecular complexity index is 78.5. The molecule has 0 bridgehead atoms. The fraction of sp³-hybridized carbons (Fsp3) is 0.857. The first-order chi connectivity index (χ1) is 3.75. The van der Waals surface area contributed by atoms with Crippen molar-refractivity contribution in [2.24, 2.45) is 5.92 Å². The molecular weight excluding hydrogens is 100 g/mol. The topological polar surface area (TPSA) is 12.5 Å². The van der Waals surface area contributed by atoms with Crippen molar-refractivity contribution in [3.05, 3.63) is 6.92 Å². The maximum atomic E-state index is 5.27. The molecule has 0 amide bonds. The molecule has 0 aliphatic carbocycles. The lowest BCUT2D eigenvalue weighted by atomic mass is 10.1. The molecule has 8 heavy (non-hydrogen) atoms. The summed E-state index contributed by atoms with van der Waals surface area (Å²) in [6.45, 7) is 8.12. The van der Waals surface area contributed by atoms with Gasteiger partial charge in [-0.2, -0.15) is 0 Å². The quantitative estimate of drug-likeness (QED) is 0.496. The normalized spacial score (nSPS) is 36.0. The van der Waals surface area contributed by atoms with E-state index < -0.39 is 0 Å². The number of epoxide rings is 1. The zero-order valence-electron chi connectivity index (χ0n) is 5.55. The van der Waals surface area contributed by atoms with Crippen LogP contribution in [0.2, 0.25) is 0 Å². The van der Waals surface area contributed by atoms with Crippen LogP contribution >= 0.6 is 0 Å². The fourth-order valence-electron chi connectivity index (χ4n) is 0.986. The van der Waals surface area contributed by atoms with Crippen molar-refractivity contribution < 1.29 is 4.74 Å². The molecule has 1 radical (unpaired) electrons. The smallest absolute Gasteiger partial charge is 0.0867 e. The van der Waals surface area contributed by atoms with Gasteiger partial charge in [0.05, 0.1) is 12.2 Å². The van der Waals surface area contributed by atoms with Crippen molar-refractivity contribution in [3.63, 3.8) is 0 Å². The van der Waals surface area contributed by atoms with Crippen LogP contribution in [0.15, 0.2) is 0 Å². The second kappa shape index (κ2) is 2.06. The summed E-state index contributed by atoms with van der Waals surface area (Å²) in [5.41, 5.74) is 0. The summed E-state index contributed by atoms with van der Waals surface area (Å²) in [7, 11) is 0. The van der Waals surface area contributed by atoms with Crippen LogP contribution in [0.25, 0.3) is 0 Å². The SMILES string of the molecule is [CH2]C(C)C1OC1CC. The number of rotatable bonds is 2. The van der Waals surface area contributed by atoms with Gasteiger partial charge in [0, 0.05) is 0 Å². The van der Waals surface area contributed by atoms with Gasteiger partial charge >= 0.3 is 0 Å². The van der Waals surface area contributed by atoms with Crippen LogP contribution in [-0.4, -0.2) is 12.2 Å². The molecule has 0 aromatic rings. The molecule has 1 heteroatoms. The van der Waals surface area contributed by atoms with Crippen LogP contribution in [0, 0.1) is 12.8 Å². The van der Waals surface area contributed by atoms with Crippen LogP contribution in [0.3, 0.4) is 0 Å². The van der Waals surface area contributed by atoms with Gasteiger partial charge in [0.1, 0.15) is 0 Å². The predicted molar refractivity (Wildman–Crippen MR) is 33.5 cm³/mol. The molecule has 1 aliphatic heterocycles. The summed E-state index contributed by atoms with van der Waals surface area (Å²) in [6, 6.07) is 0. The van der Waals surface area contributed by atoms with Gasteiger partial charge in [0.2, 0.25) is 0 Å². The Hall–Kier alpha value is -0.0400. The average Bonchev–Trinajstić information content (AvgIpc) is 2.42. The third kappa shape index (κ3) is 1.03. The lowest BCUT2D eigenvalue weighted by molar-refractivity contribution is 0.342. The number of ether oxygens (including phenoxy) is 1. The second-order valence-electron chi connectivity index (χ2n) is 2.52. The molecule has 3 atom stereocenters. The Balaban J connectivity index is 2.16. The van der Waals surface area contributed by atoms with Crippen molar-refractivity contribution in [3.8, 4) is 0 Å². The highest BCUT2D eigenvalue weighted by atomic mass is 16.6. The Labute approximate surface area is 51.0 Å². The molecule has 0 aromatic heterocycles. The van der Waals surface area contributed by atoms with Crippen LogP contribution in [0.4, 0.5) is 0 Å². The maximum Gasteiger partial charge on any atom is 0.0867 e. The van der Waals surface area contributed by atoms with Gasteiger partial charge in [-0.05, 0) is 19.3 Å². The van der Waals surface area contributed by atoms with E-state index in [0.29, 0.717) is 18.1 Å². The third-order valence-electron chi connectivity index (χ3n) is 1.58. The largest absolute Gasteiger partial charge is 0.369 e. The molecule has 1 fully saturated rings. The van der Waals surface area contributed by atoms with Gasteiger partial charge < -0.3 is 4.74 Å². The standard InChI is InChI=1S/C7H13O/c1-4-6-7(8-6)5(2)3/h5-7H,2,4H2,1,3H3. The van der Waals surface area contributed by atoms with Gasteiger partial charge in [0.15, 0.2) is 0 Å². The highest BCUT2D eigenvalue weighted by Crippen LogP contribution is 2.30. The summed E-state index contributed by atoms with van der Waals surface area (Å²) in [5, 5.41) is 0. The first kappa shape index (κ1) is 6.09. The van der Waals surface area contributed by atoms with Gasteiger partial charge in [-0.1, -0.05) is 13.8 Å². The van der Waals surface area contributed by atoms with Crippen molar-refractivity contribution in [1.29, 1.82) is 0 Å². The fourth-order valence-corrected chi connectivity index (χ4v) is 0.986. The van der Waals surface area contributed by atoms with Crippen LogP contribution in [0.1, 0.15) is 20.3 Å². The molecule has 1 saturated heterocycles. The summed E-state index contributed by atoms with van der Waals surface area (Å²) < 4.78 is 5.27. The van der Waals surface area contributed by atoms with E-state index in [2.05, 4.69) is 20.8 Å². The Morgan fingerprint density at radius 1 is 1.75 bits per heavy atom. The summed E-state index contributed by atoms with van der Waals surface area (Å²) in [5.74, 6) is 0.472. The first-order valence-electron chi connectivity index (χ1n) is 3.24. The average molecular weight is 113 g/mol. The van der Waals surface area contributed by atoms with Crippen LogP contribution in [0.5, 0.6) is 0 Å². The van der Waals surface area contributed by atoms with Crippen LogP contribution in [-0.2, 0) is 4.74 Å². The van der Waals surface area contributed by atoms with E-state index in [1.165, 1.54) is 0 Å². The first-order valence-corrected chi connectivity index (χ1v) is 3.24. The summed E-state index contributed by atoms with van der Waals surface area (Å²) in [4.78, 5) is 0. The Morgan fingerprint density at radius 3 is 2.50 bits per heavy atom. The molecule has 1 heterocycles. The molecule has 1 rings (SSSR count). The van der Waals surface area contributed by atoms with E-state index >= 15 is 0 Å². The predicted octanol–water partition coefficient (Wildman–Crippen LogP) is 1.63. The molecule has 1 nitrogen and oxygen atoms in total. The van der Waals surface area contributed by atoms with Crippen molar-refractivity contribution >= 4 is 0 Å². The van der Waals surface area contributed by atoms with Crippen LogP contribution < -0.4 is 0 Å². The van der Waals surface area contributed by atoms with E-state index in [-0.39, 0.29) is 0 Å². The third-order valence-corrected chi connectivity index (χ3v) is 1.58. The van der Waals surface area contributed by atoms with Gasteiger partial charge in [0.25, 0.3) is 0 Å². The number of hydrogen-bond donors (Lipinski definition) is 0. The molecule has 3 unspecified atom stereocenters. The van der Waals surface area contributed by atoms with Crippen molar-refractivity contribution in [1.82, 2.24) is 0 Å². The van der Waals surface area contributed by atoms with Gasteiger partial charge in [-0.15, -0.1) is 0 Å². The van der Waals surface area contributed by atoms with E-state index in [1.54, 1.807) is 0 Å². The monoisotopic (exact) mass is 113 g/mol. The Kier molecular flexibility index (Phi) is 1.57. The minimum atomic E-state index is 0.472. The zero-order valence-corrected chi connectivity index (χ0v) is 5.55. The summed E-state index contributed by atoms with van der Waals surface area (Å²) in [6.07, 6.45) is 2.15. The highest BCUT2D eigenvalue weighted by Gasteiger charge is 2.38. The lowest BCUT2D eigenvalue weighted by Crippen LogP contribution is -2.00. The zero-order chi connectivity index (χ0) is 6.15. The Morgan fingerprint density at radius 2 is 2.38 bits per heavy atom. The van der Waals surface area contributed by atoms with E-state index in [4.69, 9.17) is 4.74 Å². The molecule has 1 aliphatic rings. The van der Waals surface area contributed by atoms with E-state index in [9.17, 15) is 0 Å². The highest BCUT2D eigenvalue weighted by molar-refractivity contribution is 4.88. The van der Waals surface area contributed by atoms with Gasteiger partial charge in [-0.3, -0.25) is 0 Å². The van der Waals surface area contributed by atoms with E-state index in [1.807, 2.05) is 0 Å². The number of hydrogen-bond acceptors (Lipinski definition) is 1. The maximum absolute atomic E-state index is 5.27. The minimum Gasteiger partial charge on any atom is -0.369 e. The van der Waals surface area contributed by atoms with E-state index in [0.717, 1.165) is 6.42 Å². The molecular formula is C7H13O. The summed E-state index contributed by atoms with van der Waals surface area (Å²) >= 11 is 0. The minimum absolute atomic E-state index is 0.472. The van der Waals surface area contributed by atoms with Gasteiger partial charge in [-0.25, -0.2) is 0 Å². The molecule has 0 N–H and O–H groups in total. The lowest BCUT2D eigenvalue weighted by Gasteiger charge is -1.93. The van der Waals surface area contributed by atoms with Crippen molar-refractivity contribution in [2.75, 3.05) is 0 Å².